The molecule has 0 saturated heterocycles. The maximum absolute atomic E-state index is 12.4. The summed E-state index contributed by atoms with van der Waals surface area (Å²) in [4.78, 5) is 20.9. The fourth-order valence-electron chi connectivity index (χ4n) is 2.38. The van der Waals surface area contributed by atoms with Crippen molar-refractivity contribution in [3.05, 3.63) is 66.2 Å². The Morgan fingerprint density at radius 1 is 1.21 bits per heavy atom. The molecule has 0 unspecified atom stereocenters. The van der Waals surface area contributed by atoms with E-state index in [9.17, 15) is 4.79 Å². The molecule has 1 amide bonds. The molecule has 1 aromatic carbocycles. The molecule has 1 N–H and O–H groups in total. The zero-order valence-electron chi connectivity index (χ0n) is 12.8. The van der Waals surface area contributed by atoms with Gasteiger partial charge in [0.2, 0.25) is 0 Å². The minimum Gasteiger partial charge on any atom is -0.298 e. The SMILES string of the molecule is Cc1cccc2sc(NC(=O)c3cnn(-c4cccnc4)c3)nc12. The number of aromatic nitrogens is 4. The van der Waals surface area contributed by atoms with Crippen LogP contribution in [0.4, 0.5) is 5.13 Å². The van der Waals surface area contributed by atoms with Crippen LogP contribution in [0.2, 0.25) is 0 Å². The lowest BCUT2D eigenvalue weighted by Gasteiger charge is -1.99. The summed E-state index contributed by atoms with van der Waals surface area (Å²) < 4.78 is 2.67. The van der Waals surface area contributed by atoms with Gasteiger partial charge in [0.25, 0.3) is 5.91 Å². The van der Waals surface area contributed by atoms with E-state index in [1.165, 1.54) is 17.5 Å². The fourth-order valence-corrected chi connectivity index (χ4v) is 3.32. The van der Waals surface area contributed by atoms with Gasteiger partial charge in [0.05, 0.1) is 33.9 Å². The minimum absolute atomic E-state index is 0.234. The van der Waals surface area contributed by atoms with Gasteiger partial charge in [0.15, 0.2) is 5.13 Å². The number of fused-ring (bicyclic) bond motifs is 1. The molecule has 3 aromatic heterocycles. The summed E-state index contributed by atoms with van der Waals surface area (Å²) in [6.45, 7) is 2.01. The second kappa shape index (κ2) is 5.86. The monoisotopic (exact) mass is 335 g/mol. The average molecular weight is 335 g/mol. The summed E-state index contributed by atoms with van der Waals surface area (Å²) in [6, 6.07) is 9.68. The Kier molecular flexibility index (Phi) is 3.55. The third-order valence-electron chi connectivity index (χ3n) is 3.60. The summed E-state index contributed by atoms with van der Waals surface area (Å²) in [7, 11) is 0. The van der Waals surface area contributed by atoms with Crippen LogP contribution in [0.5, 0.6) is 0 Å². The van der Waals surface area contributed by atoms with E-state index in [4.69, 9.17) is 0 Å². The number of rotatable bonds is 3. The highest BCUT2D eigenvalue weighted by Gasteiger charge is 2.13. The topological polar surface area (TPSA) is 72.7 Å². The first-order valence-corrected chi connectivity index (χ1v) is 8.15. The molecule has 3 heterocycles. The van der Waals surface area contributed by atoms with Gasteiger partial charge in [-0.15, -0.1) is 0 Å². The van der Waals surface area contributed by atoms with Gasteiger partial charge < -0.3 is 0 Å². The number of hydrogen-bond acceptors (Lipinski definition) is 5. The number of aryl methyl sites for hydroxylation is 1. The molecule has 0 saturated carbocycles. The van der Waals surface area contributed by atoms with Gasteiger partial charge in [0.1, 0.15) is 0 Å². The number of amides is 1. The smallest absolute Gasteiger partial charge is 0.260 e. The highest BCUT2D eigenvalue weighted by Crippen LogP contribution is 2.28. The van der Waals surface area contributed by atoms with Crippen molar-refractivity contribution in [2.45, 2.75) is 6.92 Å². The Balaban J connectivity index is 1.58. The van der Waals surface area contributed by atoms with Crippen molar-refractivity contribution in [3.63, 3.8) is 0 Å². The number of nitrogens with one attached hydrogen (secondary N) is 1. The number of carbonyl (C=O) groups excluding carboxylic acids is 1. The molecule has 6 nitrogen and oxygen atoms in total. The molecule has 118 valence electrons. The van der Waals surface area contributed by atoms with Crippen molar-refractivity contribution in [1.29, 1.82) is 0 Å². The number of benzene rings is 1. The highest BCUT2D eigenvalue weighted by atomic mass is 32.1. The summed E-state index contributed by atoms with van der Waals surface area (Å²) in [5, 5.41) is 7.63. The third-order valence-corrected chi connectivity index (χ3v) is 4.53. The van der Waals surface area contributed by atoms with Crippen LogP contribution in [0.15, 0.2) is 55.1 Å². The van der Waals surface area contributed by atoms with Crippen molar-refractivity contribution in [2.75, 3.05) is 5.32 Å². The maximum Gasteiger partial charge on any atom is 0.260 e. The molecule has 0 spiro atoms. The number of pyridine rings is 1. The first-order chi connectivity index (χ1) is 11.7. The summed E-state index contributed by atoms with van der Waals surface area (Å²) >= 11 is 1.46. The molecule has 24 heavy (non-hydrogen) atoms. The molecule has 4 aromatic rings. The summed E-state index contributed by atoms with van der Waals surface area (Å²) in [6.07, 6.45) is 6.58. The second-order valence-electron chi connectivity index (χ2n) is 5.28. The van der Waals surface area contributed by atoms with E-state index in [2.05, 4.69) is 20.4 Å². The quantitative estimate of drug-likeness (QED) is 0.622. The van der Waals surface area contributed by atoms with Crippen LogP contribution in [0, 0.1) is 6.92 Å². The maximum atomic E-state index is 12.4. The van der Waals surface area contributed by atoms with Crippen LogP contribution in [0.3, 0.4) is 0 Å². The van der Waals surface area contributed by atoms with Crippen LogP contribution in [-0.2, 0) is 0 Å². The van der Waals surface area contributed by atoms with Gasteiger partial charge in [0, 0.05) is 12.4 Å². The predicted octanol–water partition coefficient (Wildman–Crippen LogP) is 3.44. The van der Waals surface area contributed by atoms with E-state index in [0.717, 1.165) is 21.5 Å². The predicted molar refractivity (Wildman–Crippen MR) is 93.7 cm³/mol. The van der Waals surface area contributed by atoms with E-state index in [1.54, 1.807) is 23.3 Å². The van der Waals surface area contributed by atoms with Gasteiger partial charge in [-0.2, -0.15) is 5.10 Å². The molecule has 0 fully saturated rings. The number of anilines is 1. The lowest BCUT2D eigenvalue weighted by atomic mass is 10.2. The molecule has 4 rings (SSSR count). The van der Waals surface area contributed by atoms with Crippen molar-refractivity contribution in [2.24, 2.45) is 0 Å². The Morgan fingerprint density at radius 3 is 2.92 bits per heavy atom. The Morgan fingerprint density at radius 2 is 2.12 bits per heavy atom. The van der Waals surface area contributed by atoms with Crippen LogP contribution in [0.1, 0.15) is 15.9 Å². The molecule has 0 radical (unpaired) electrons. The molecule has 0 bridgehead atoms. The van der Waals surface area contributed by atoms with Crippen LogP contribution in [-0.4, -0.2) is 25.7 Å². The molecule has 0 aliphatic rings. The lowest BCUT2D eigenvalue weighted by molar-refractivity contribution is 0.102. The van der Waals surface area contributed by atoms with Gasteiger partial charge in [-0.3, -0.25) is 15.1 Å². The largest absolute Gasteiger partial charge is 0.298 e. The zero-order valence-corrected chi connectivity index (χ0v) is 13.6. The van der Waals surface area contributed by atoms with E-state index in [0.29, 0.717) is 10.7 Å². The fraction of sp³-hybridized carbons (Fsp3) is 0.0588. The van der Waals surface area contributed by atoms with Crippen molar-refractivity contribution >= 4 is 32.6 Å². The van der Waals surface area contributed by atoms with E-state index >= 15 is 0 Å². The summed E-state index contributed by atoms with van der Waals surface area (Å²) in [5.74, 6) is -0.234. The van der Waals surface area contributed by atoms with Crippen LogP contribution < -0.4 is 5.32 Å². The summed E-state index contributed by atoms with van der Waals surface area (Å²) in [5.41, 5.74) is 3.28. The van der Waals surface area contributed by atoms with E-state index in [1.807, 2.05) is 37.3 Å². The number of nitrogens with zero attached hydrogens (tertiary/aromatic N) is 4. The van der Waals surface area contributed by atoms with Crippen LogP contribution in [0.25, 0.3) is 15.9 Å². The standard InChI is InChI=1S/C17H13N5OS/c1-11-4-2-6-14-15(11)20-17(24-14)21-16(23)12-8-19-22(10-12)13-5-3-7-18-9-13/h2-10H,1H3,(H,20,21,23). The van der Waals surface area contributed by atoms with E-state index < -0.39 is 0 Å². The van der Waals surface area contributed by atoms with Crippen molar-refractivity contribution in [1.82, 2.24) is 19.7 Å². The number of thiazole rings is 1. The first kappa shape index (κ1) is 14.5. The van der Waals surface area contributed by atoms with E-state index in [-0.39, 0.29) is 5.91 Å². The molecule has 7 heteroatoms. The molecule has 0 aliphatic heterocycles. The normalized spacial score (nSPS) is 10.9. The van der Waals surface area contributed by atoms with Gasteiger partial charge in [-0.25, -0.2) is 9.67 Å². The van der Waals surface area contributed by atoms with Crippen LogP contribution >= 0.6 is 11.3 Å². The van der Waals surface area contributed by atoms with Crippen molar-refractivity contribution < 1.29 is 4.79 Å². The number of carbonyl (C=O) groups is 1. The highest BCUT2D eigenvalue weighted by molar-refractivity contribution is 7.22. The lowest BCUT2D eigenvalue weighted by Crippen LogP contribution is -2.10. The average Bonchev–Trinajstić information content (AvgIpc) is 3.23. The molecular weight excluding hydrogens is 322 g/mol. The molecule has 0 atom stereocenters. The van der Waals surface area contributed by atoms with Crippen molar-refractivity contribution in [3.8, 4) is 5.69 Å². The first-order valence-electron chi connectivity index (χ1n) is 7.33. The Labute approximate surface area is 141 Å². The second-order valence-corrected chi connectivity index (χ2v) is 6.31. The molecule has 0 aliphatic carbocycles. The van der Waals surface area contributed by atoms with Gasteiger partial charge in [-0.1, -0.05) is 23.5 Å². The van der Waals surface area contributed by atoms with Gasteiger partial charge >= 0.3 is 0 Å². The molecular formula is C17H13N5OS. The Bertz CT molecular complexity index is 1020. The zero-order chi connectivity index (χ0) is 16.5. The third kappa shape index (κ3) is 2.65. The van der Waals surface area contributed by atoms with Gasteiger partial charge in [-0.05, 0) is 30.7 Å². The number of hydrogen-bond donors (Lipinski definition) is 1. The Hall–Kier alpha value is -3.06. The number of para-hydroxylation sites is 1. The minimum atomic E-state index is -0.234.